The highest BCUT2D eigenvalue weighted by Gasteiger charge is 2.26. The molecule has 0 atom stereocenters. The predicted molar refractivity (Wildman–Crippen MR) is 57.2 cm³/mol. The zero-order valence-corrected chi connectivity index (χ0v) is 9.18. The lowest BCUT2D eigenvalue weighted by molar-refractivity contribution is -0.119. The second kappa shape index (κ2) is 5.98. The van der Waals surface area contributed by atoms with Crippen LogP contribution in [0.2, 0.25) is 0 Å². The van der Waals surface area contributed by atoms with E-state index in [1.54, 1.807) is 7.05 Å². The quantitative estimate of drug-likeness (QED) is 0.558. The first-order valence-corrected chi connectivity index (χ1v) is 5.43. The maximum Gasteiger partial charge on any atom is 0.233 e. The first kappa shape index (κ1) is 11.5. The fourth-order valence-electron chi connectivity index (χ4n) is 1.55. The van der Waals surface area contributed by atoms with Crippen molar-refractivity contribution >= 4 is 5.91 Å². The Morgan fingerprint density at radius 1 is 1.50 bits per heavy atom. The van der Waals surface area contributed by atoms with Gasteiger partial charge in [-0.25, -0.2) is 0 Å². The number of hydrogen-bond donors (Lipinski definition) is 2. The Balaban J connectivity index is 1.99. The molecule has 2 N–H and O–H groups in total. The minimum Gasteiger partial charge on any atom is -0.358 e. The summed E-state index contributed by atoms with van der Waals surface area (Å²) >= 11 is 0. The van der Waals surface area contributed by atoms with Gasteiger partial charge in [0.1, 0.15) is 0 Å². The van der Waals surface area contributed by atoms with Crippen molar-refractivity contribution in [3.05, 3.63) is 0 Å². The third-order valence-corrected chi connectivity index (χ3v) is 2.61. The molecule has 4 nitrogen and oxygen atoms in total. The van der Waals surface area contributed by atoms with Gasteiger partial charge in [0.2, 0.25) is 5.91 Å². The molecule has 0 bridgehead atoms. The summed E-state index contributed by atoms with van der Waals surface area (Å²) in [6.07, 6.45) is 2.70. The molecule has 0 heterocycles. The zero-order valence-electron chi connectivity index (χ0n) is 9.18. The Labute approximate surface area is 86.0 Å². The number of hydrogen-bond acceptors (Lipinski definition) is 3. The van der Waals surface area contributed by atoms with Crippen LogP contribution in [0.5, 0.6) is 0 Å². The molecule has 0 aromatic heterocycles. The van der Waals surface area contributed by atoms with Gasteiger partial charge in [0.05, 0.1) is 6.54 Å². The summed E-state index contributed by atoms with van der Waals surface area (Å²) in [5.41, 5.74) is 0. The molecule has 1 aliphatic carbocycles. The van der Waals surface area contributed by atoms with Crippen molar-refractivity contribution in [2.75, 3.05) is 33.2 Å². The van der Waals surface area contributed by atoms with E-state index in [0.29, 0.717) is 6.54 Å². The largest absolute Gasteiger partial charge is 0.358 e. The van der Waals surface area contributed by atoms with E-state index >= 15 is 0 Å². The van der Waals surface area contributed by atoms with E-state index in [1.165, 1.54) is 12.8 Å². The van der Waals surface area contributed by atoms with Crippen LogP contribution in [0.4, 0.5) is 0 Å². The molecule has 0 saturated heterocycles. The molecular weight excluding hydrogens is 178 g/mol. The lowest BCUT2D eigenvalue weighted by atomic mass is 10.4. The minimum atomic E-state index is 0.0551. The molecule has 4 heteroatoms. The summed E-state index contributed by atoms with van der Waals surface area (Å²) in [4.78, 5) is 13.4. The van der Waals surface area contributed by atoms with Gasteiger partial charge in [0, 0.05) is 26.2 Å². The molecule has 0 unspecified atom stereocenters. The number of amides is 1. The van der Waals surface area contributed by atoms with Crippen molar-refractivity contribution in [3.8, 4) is 0 Å². The summed E-state index contributed by atoms with van der Waals surface area (Å²) in [6, 6.07) is 0.821. The third-order valence-electron chi connectivity index (χ3n) is 2.61. The van der Waals surface area contributed by atoms with Crippen molar-refractivity contribution < 1.29 is 4.79 Å². The Morgan fingerprint density at radius 3 is 2.71 bits per heavy atom. The van der Waals surface area contributed by atoms with E-state index in [9.17, 15) is 4.79 Å². The molecular formula is C10H21N3O. The molecule has 0 aliphatic heterocycles. The molecule has 0 aromatic carbocycles. The third kappa shape index (κ3) is 4.07. The maximum absolute atomic E-state index is 10.9. The molecule has 1 rings (SSSR count). The lowest BCUT2D eigenvalue weighted by Crippen LogP contribution is -2.37. The van der Waals surface area contributed by atoms with Crippen LogP contribution in [0, 0.1) is 0 Å². The predicted octanol–water partition coefficient (Wildman–Crippen LogP) is -0.194. The zero-order chi connectivity index (χ0) is 10.4. The van der Waals surface area contributed by atoms with Crippen molar-refractivity contribution in [3.63, 3.8) is 0 Å². The standard InChI is InChI=1S/C10H21N3O/c1-3-13(9-4-5-9)7-6-12-8-10(14)11-2/h9,12H,3-8H2,1-2H3,(H,11,14). The summed E-state index contributed by atoms with van der Waals surface area (Å²) in [7, 11) is 1.66. The summed E-state index contributed by atoms with van der Waals surface area (Å²) < 4.78 is 0. The topological polar surface area (TPSA) is 44.4 Å². The summed E-state index contributed by atoms with van der Waals surface area (Å²) in [6.45, 7) is 5.69. The van der Waals surface area contributed by atoms with Gasteiger partial charge in [-0.05, 0) is 19.4 Å². The summed E-state index contributed by atoms with van der Waals surface area (Å²) in [5.74, 6) is 0.0551. The Morgan fingerprint density at radius 2 is 2.21 bits per heavy atom. The molecule has 0 spiro atoms. The van der Waals surface area contributed by atoms with Gasteiger partial charge in [0.25, 0.3) is 0 Å². The van der Waals surface area contributed by atoms with Crippen LogP contribution in [0.3, 0.4) is 0 Å². The molecule has 0 radical (unpaired) electrons. The van der Waals surface area contributed by atoms with Gasteiger partial charge in [-0.2, -0.15) is 0 Å². The van der Waals surface area contributed by atoms with Crippen LogP contribution in [0.25, 0.3) is 0 Å². The van der Waals surface area contributed by atoms with Gasteiger partial charge in [-0.3, -0.25) is 9.69 Å². The van der Waals surface area contributed by atoms with Gasteiger partial charge >= 0.3 is 0 Å². The summed E-state index contributed by atoms with van der Waals surface area (Å²) in [5, 5.41) is 5.72. The molecule has 14 heavy (non-hydrogen) atoms. The Kier molecular flexibility index (Phi) is 4.90. The van der Waals surface area contributed by atoms with Crippen LogP contribution in [-0.2, 0) is 4.79 Å². The fourth-order valence-corrected chi connectivity index (χ4v) is 1.55. The maximum atomic E-state index is 10.9. The van der Waals surface area contributed by atoms with E-state index < -0.39 is 0 Å². The average molecular weight is 199 g/mol. The minimum absolute atomic E-state index is 0.0551. The van der Waals surface area contributed by atoms with Crippen LogP contribution >= 0.6 is 0 Å². The number of likely N-dealkylation sites (N-methyl/N-ethyl adjacent to an activating group) is 2. The van der Waals surface area contributed by atoms with E-state index in [1.807, 2.05) is 0 Å². The van der Waals surface area contributed by atoms with Crippen LogP contribution < -0.4 is 10.6 Å². The molecule has 82 valence electrons. The van der Waals surface area contributed by atoms with Gasteiger partial charge in [-0.1, -0.05) is 6.92 Å². The van der Waals surface area contributed by atoms with E-state index in [2.05, 4.69) is 22.5 Å². The fraction of sp³-hybridized carbons (Fsp3) is 0.900. The lowest BCUT2D eigenvalue weighted by Gasteiger charge is -2.19. The van der Waals surface area contributed by atoms with Crippen molar-refractivity contribution in [2.24, 2.45) is 0 Å². The average Bonchev–Trinajstić information content (AvgIpc) is 3.01. The van der Waals surface area contributed by atoms with E-state index in [0.717, 1.165) is 25.7 Å². The number of carbonyl (C=O) groups excluding carboxylic acids is 1. The Hall–Kier alpha value is -0.610. The molecule has 1 fully saturated rings. The molecule has 1 saturated carbocycles. The highest BCUT2D eigenvalue weighted by atomic mass is 16.1. The first-order valence-electron chi connectivity index (χ1n) is 5.43. The highest BCUT2D eigenvalue weighted by molar-refractivity contribution is 5.77. The Bertz CT molecular complexity index is 180. The molecule has 1 aliphatic rings. The number of nitrogens with one attached hydrogen (secondary N) is 2. The van der Waals surface area contributed by atoms with Gasteiger partial charge in [0.15, 0.2) is 0 Å². The van der Waals surface area contributed by atoms with Crippen LogP contribution in [0.15, 0.2) is 0 Å². The van der Waals surface area contributed by atoms with Crippen molar-refractivity contribution in [1.82, 2.24) is 15.5 Å². The molecule has 0 aromatic rings. The smallest absolute Gasteiger partial charge is 0.233 e. The molecule has 1 amide bonds. The van der Waals surface area contributed by atoms with E-state index in [-0.39, 0.29) is 5.91 Å². The second-order valence-corrected chi connectivity index (χ2v) is 3.71. The van der Waals surface area contributed by atoms with Crippen LogP contribution in [-0.4, -0.2) is 50.1 Å². The van der Waals surface area contributed by atoms with Crippen LogP contribution in [0.1, 0.15) is 19.8 Å². The SMILES string of the molecule is CCN(CCNCC(=O)NC)C1CC1. The first-order chi connectivity index (χ1) is 6.77. The number of nitrogens with zero attached hydrogens (tertiary/aromatic N) is 1. The van der Waals surface area contributed by atoms with Crippen molar-refractivity contribution in [2.45, 2.75) is 25.8 Å². The monoisotopic (exact) mass is 199 g/mol. The van der Waals surface area contributed by atoms with Crippen molar-refractivity contribution in [1.29, 1.82) is 0 Å². The highest BCUT2D eigenvalue weighted by Crippen LogP contribution is 2.25. The number of carbonyl (C=O) groups is 1. The van der Waals surface area contributed by atoms with Gasteiger partial charge < -0.3 is 10.6 Å². The number of rotatable bonds is 7. The second-order valence-electron chi connectivity index (χ2n) is 3.71. The van der Waals surface area contributed by atoms with Gasteiger partial charge in [-0.15, -0.1) is 0 Å². The van der Waals surface area contributed by atoms with E-state index in [4.69, 9.17) is 0 Å². The normalized spacial score (nSPS) is 15.9.